The Morgan fingerprint density at radius 1 is 1.27 bits per heavy atom. The Hall–Kier alpha value is -1.64. The Labute approximate surface area is 163 Å². The second kappa shape index (κ2) is 7.54. The molecule has 3 aromatic rings. The molecule has 0 aromatic carbocycles. The summed E-state index contributed by atoms with van der Waals surface area (Å²) in [5, 5.41) is 5.28. The Bertz CT molecular complexity index is 985. The quantitative estimate of drug-likeness (QED) is 0.489. The van der Waals surface area contributed by atoms with Crippen LogP contribution in [-0.4, -0.2) is 39.2 Å². The average molecular weight is 406 g/mol. The van der Waals surface area contributed by atoms with E-state index in [9.17, 15) is 9.59 Å². The topological polar surface area (TPSA) is 55.2 Å². The first-order valence-electron chi connectivity index (χ1n) is 8.58. The summed E-state index contributed by atoms with van der Waals surface area (Å²) in [7, 11) is 1.73. The molecule has 8 heteroatoms. The van der Waals surface area contributed by atoms with E-state index in [4.69, 9.17) is 0 Å². The minimum absolute atomic E-state index is 0.0485. The number of aromatic nitrogens is 2. The number of carbonyl (C=O) groups excluding carboxylic acids is 1. The number of amides is 1. The second-order valence-corrected chi connectivity index (χ2v) is 9.04. The van der Waals surface area contributed by atoms with Crippen molar-refractivity contribution < 1.29 is 4.79 Å². The number of thiophene rings is 2. The van der Waals surface area contributed by atoms with Crippen molar-refractivity contribution in [2.24, 2.45) is 7.05 Å². The number of nitrogens with zero attached hydrogens (tertiary/aromatic N) is 3. The molecular weight excluding hydrogens is 386 g/mol. The predicted octanol–water partition coefficient (Wildman–Crippen LogP) is 3.83. The van der Waals surface area contributed by atoms with E-state index in [0.717, 1.165) is 41.2 Å². The molecule has 5 nitrogen and oxygen atoms in total. The highest BCUT2D eigenvalue weighted by atomic mass is 32.2. The highest BCUT2D eigenvalue weighted by molar-refractivity contribution is 7.99. The molecule has 1 aliphatic rings. The first kappa shape index (κ1) is 17.8. The largest absolute Gasteiger partial charge is 0.342 e. The van der Waals surface area contributed by atoms with Crippen LogP contribution in [0, 0.1) is 0 Å². The average Bonchev–Trinajstić information content (AvgIpc) is 3.33. The first-order valence-corrected chi connectivity index (χ1v) is 11.3. The van der Waals surface area contributed by atoms with Gasteiger partial charge in [0.15, 0.2) is 5.16 Å². The summed E-state index contributed by atoms with van der Waals surface area (Å²) in [5.74, 6) is 0.462. The van der Waals surface area contributed by atoms with Crippen LogP contribution >= 0.6 is 34.4 Å². The van der Waals surface area contributed by atoms with Crippen LogP contribution < -0.4 is 5.56 Å². The summed E-state index contributed by atoms with van der Waals surface area (Å²) in [6, 6.07) is 4.00. The van der Waals surface area contributed by atoms with Gasteiger partial charge in [0.05, 0.1) is 11.1 Å². The van der Waals surface area contributed by atoms with Crippen LogP contribution in [0.5, 0.6) is 0 Å². The van der Waals surface area contributed by atoms with Crippen LogP contribution in [0.1, 0.15) is 19.3 Å². The minimum Gasteiger partial charge on any atom is -0.342 e. The number of fused-ring (bicyclic) bond motifs is 1. The molecule has 3 aromatic heterocycles. The van der Waals surface area contributed by atoms with E-state index < -0.39 is 0 Å². The number of piperidine rings is 1. The number of likely N-dealkylation sites (tertiary alicyclic amines) is 1. The third-order valence-corrected chi connectivity index (χ3v) is 7.38. The number of hydrogen-bond donors (Lipinski definition) is 0. The van der Waals surface area contributed by atoms with Gasteiger partial charge in [-0.2, -0.15) is 0 Å². The van der Waals surface area contributed by atoms with Crippen LogP contribution in [-0.2, 0) is 11.8 Å². The van der Waals surface area contributed by atoms with Gasteiger partial charge in [-0.25, -0.2) is 4.98 Å². The summed E-state index contributed by atoms with van der Waals surface area (Å²) < 4.78 is 1.57. The molecule has 0 spiro atoms. The molecule has 0 aliphatic carbocycles. The fourth-order valence-electron chi connectivity index (χ4n) is 3.16. The van der Waals surface area contributed by atoms with Gasteiger partial charge in [0, 0.05) is 36.0 Å². The standard InChI is InChI=1S/C18H19N3O2S3/c1-20-17(23)15-12(13-6-5-9-24-13)10-25-16(15)19-18(20)26-11-14(22)21-7-3-2-4-8-21/h5-6,9-10H,2-4,7-8,11H2,1H3. The highest BCUT2D eigenvalue weighted by Crippen LogP contribution is 2.34. The molecule has 0 saturated carbocycles. The number of thioether (sulfide) groups is 1. The Morgan fingerprint density at radius 2 is 2.08 bits per heavy atom. The molecule has 0 atom stereocenters. The van der Waals surface area contributed by atoms with E-state index >= 15 is 0 Å². The summed E-state index contributed by atoms with van der Waals surface area (Å²) >= 11 is 4.46. The van der Waals surface area contributed by atoms with Crippen LogP contribution in [0.3, 0.4) is 0 Å². The van der Waals surface area contributed by atoms with Crippen LogP contribution in [0.4, 0.5) is 0 Å². The van der Waals surface area contributed by atoms with Gasteiger partial charge in [0.2, 0.25) is 5.91 Å². The zero-order valence-corrected chi connectivity index (χ0v) is 16.9. The van der Waals surface area contributed by atoms with E-state index in [1.165, 1.54) is 29.5 Å². The van der Waals surface area contributed by atoms with Crippen molar-refractivity contribution in [3.05, 3.63) is 33.2 Å². The normalized spacial score (nSPS) is 14.9. The lowest BCUT2D eigenvalue weighted by Gasteiger charge is -2.26. The monoisotopic (exact) mass is 405 g/mol. The maximum absolute atomic E-state index is 12.9. The van der Waals surface area contributed by atoms with Gasteiger partial charge in [-0.15, -0.1) is 22.7 Å². The lowest BCUT2D eigenvalue weighted by Crippen LogP contribution is -2.36. The van der Waals surface area contributed by atoms with Crippen LogP contribution in [0.2, 0.25) is 0 Å². The van der Waals surface area contributed by atoms with Gasteiger partial charge in [0.1, 0.15) is 4.83 Å². The van der Waals surface area contributed by atoms with Gasteiger partial charge >= 0.3 is 0 Å². The van der Waals surface area contributed by atoms with E-state index in [2.05, 4.69) is 4.98 Å². The van der Waals surface area contributed by atoms with E-state index in [1.54, 1.807) is 23.0 Å². The van der Waals surface area contributed by atoms with Gasteiger partial charge < -0.3 is 4.90 Å². The molecule has 26 heavy (non-hydrogen) atoms. The lowest BCUT2D eigenvalue weighted by atomic mass is 10.1. The third kappa shape index (κ3) is 3.33. The molecule has 0 N–H and O–H groups in total. The molecule has 1 saturated heterocycles. The summed E-state index contributed by atoms with van der Waals surface area (Å²) in [6.07, 6.45) is 3.37. The second-order valence-electron chi connectivity index (χ2n) is 6.30. The molecule has 0 bridgehead atoms. The van der Waals surface area contributed by atoms with Gasteiger partial charge in [-0.05, 0) is 30.7 Å². The highest BCUT2D eigenvalue weighted by Gasteiger charge is 2.19. The SMILES string of the molecule is Cn1c(SCC(=O)N2CCCCC2)nc2scc(-c3cccs3)c2c1=O. The molecule has 4 rings (SSSR count). The van der Waals surface area contributed by atoms with Gasteiger partial charge in [-0.1, -0.05) is 17.8 Å². The zero-order chi connectivity index (χ0) is 18.1. The number of rotatable bonds is 4. The summed E-state index contributed by atoms with van der Waals surface area (Å²) in [6.45, 7) is 1.69. The maximum Gasteiger partial charge on any atom is 0.263 e. The molecule has 136 valence electrons. The van der Waals surface area contributed by atoms with Crippen LogP contribution in [0.25, 0.3) is 20.7 Å². The molecule has 0 unspecified atom stereocenters. The fourth-order valence-corrected chi connectivity index (χ4v) is 5.83. The van der Waals surface area contributed by atoms with E-state index in [-0.39, 0.29) is 11.5 Å². The lowest BCUT2D eigenvalue weighted by molar-refractivity contribution is -0.129. The van der Waals surface area contributed by atoms with Crippen molar-refractivity contribution in [1.82, 2.24) is 14.5 Å². The molecule has 0 radical (unpaired) electrons. The van der Waals surface area contributed by atoms with E-state index in [1.807, 2.05) is 27.8 Å². The van der Waals surface area contributed by atoms with Crippen molar-refractivity contribution in [3.8, 4) is 10.4 Å². The Morgan fingerprint density at radius 3 is 2.81 bits per heavy atom. The van der Waals surface area contributed by atoms with Crippen molar-refractivity contribution in [2.45, 2.75) is 24.4 Å². The van der Waals surface area contributed by atoms with Crippen molar-refractivity contribution in [2.75, 3.05) is 18.8 Å². The first-order chi connectivity index (χ1) is 12.6. The third-order valence-electron chi connectivity index (χ3n) is 4.59. The van der Waals surface area contributed by atoms with Crippen molar-refractivity contribution in [1.29, 1.82) is 0 Å². The summed E-state index contributed by atoms with van der Waals surface area (Å²) in [5.41, 5.74) is 0.904. The predicted molar refractivity (Wildman–Crippen MR) is 109 cm³/mol. The van der Waals surface area contributed by atoms with Crippen LogP contribution in [0.15, 0.2) is 32.8 Å². The molecule has 1 amide bonds. The Balaban J connectivity index is 1.60. The smallest absolute Gasteiger partial charge is 0.263 e. The number of hydrogen-bond acceptors (Lipinski definition) is 6. The maximum atomic E-state index is 12.9. The number of carbonyl (C=O) groups is 1. The summed E-state index contributed by atoms with van der Waals surface area (Å²) in [4.78, 5) is 33.7. The molecule has 1 fully saturated rings. The van der Waals surface area contributed by atoms with Gasteiger partial charge in [0.25, 0.3) is 5.56 Å². The zero-order valence-electron chi connectivity index (χ0n) is 14.4. The Kier molecular flexibility index (Phi) is 5.15. The molecule has 4 heterocycles. The van der Waals surface area contributed by atoms with Crippen molar-refractivity contribution in [3.63, 3.8) is 0 Å². The van der Waals surface area contributed by atoms with E-state index in [0.29, 0.717) is 16.3 Å². The minimum atomic E-state index is -0.0485. The fraction of sp³-hybridized carbons (Fsp3) is 0.389. The molecule has 1 aliphatic heterocycles. The van der Waals surface area contributed by atoms with Crippen molar-refractivity contribution >= 4 is 50.6 Å². The molecular formula is C18H19N3O2S3. The van der Waals surface area contributed by atoms with Gasteiger partial charge in [-0.3, -0.25) is 14.2 Å².